The normalized spacial score (nSPS) is 17.2. The second kappa shape index (κ2) is 5.66. The summed E-state index contributed by atoms with van der Waals surface area (Å²) in [6.45, 7) is 1.56. The number of hydrogen-bond donors (Lipinski definition) is 0. The quantitative estimate of drug-likeness (QED) is 0.599. The van der Waals surface area contributed by atoms with Crippen molar-refractivity contribution in [3.8, 4) is 0 Å². The van der Waals surface area contributed by atoms with Crippen LogP contribution in [-0.4, -0.2) is 50.1 Å². The minimum absolute atomic E-state index is 0.0205. The van der Waals surface area contributed by atoms with E-state index in [1.165, 1.54) is 16.6 Å². The van der Waals surface area contributed by atoms with E-state index in [-0.39, 0.29) is 5.69 Å². The molecule has 0 radical (unpaired) electrons. The smallest absolute Gasteiger partial charge is 0.293 e. The van der Waals surface area contributed by atoms with Crippen molar-refractivity contribution in [3.05, 3.63) is 32.8 Å². The Kier molecular flexibility index (Phi) is 4.31. The Balaban J connectivity index is 2.21. The van der Waals surface area contributed by atoms with Gasteiger partial charge in [0.25, 0.3) is 5.69 Å². The maximum Gasteiger partial charge on any atom is 0.293 e. The zero-order chi connectivity index (χ0) is 14.9. The second-order valence-corrected chi connectivity index (χ2v) is 7.44. The van der Waals surface area contributed by atoms with E-state index in [2.05, 4.69) is 15.9 Å². The zero-order valence-corrected chi connectivity index (χ0v) is 13.2. The van der Waals surface area contributed by atoms with E-state index in [0.717, 1.165) is 0 Å². The summed E-state index contributed by atoms with van der Waals surface area (Å²) in [5, 5.41) is 11.1. The Morgan fingerprint density at radius 2 is 1.85 bits per heavy atom. The van der Waals surface area contributed by atoms with Crippen molar-refractivity contribution in [1.82, 2.24) is 4.31 Å². The Hall–Kier alpha value is -1.19. The summed E-state index contributed by atoms with van der Waals surface area (Å²) in [6.07, 6.45) is 1.17. The predicted molar refractivity (Wildman–Crippen MR) is 79.4 cm³/mol. The molecule has 0 bridgehead atoms. The first-order valence-electron chi connectivity index (χ1n) is 5.93. The predicted octanol–water partition coefficient (Wildman–Crippen LogP) is 1.44. The van der Waals surface area contributed by atoms with Crippen LogP contribution in [0.5, 0.6) is 0 Å². The van der Waals surface area contributed by atoms with Gasteiger partial charge in [-0.2, -0.15) is 4.31 Å². The summed E-state index contributed by atoms with van der Waals surface area (Å²) >= 11 is 3.21. The monoisotopic (exact) mass is 363 g/mol. The molecule has 110 valence electrons. The van der Waals surface area contributed by atoms with Crippen LogP contribution < -0.4 is 4.90 Å². The maximum atomic E-state index is 11.4. The van der Waals surface area contributed by atoms with E-state index in [9.17, 15) is 18.5 Å². The fourth-order valence-electron chi connectivity index (χ4n) is 2.17. The van der Waals surface area contributed by atoms with E-state index >= 15 is 0 Å². The first-order chi connectivity index (χ1) is 9.29. The van der Waals surface area contributed by atoms with Gasteiger partial charge in [0.1, 0.15) is 5.69 Å². The lowest BCUT2D eigenvalue weighted by atomic mass is 10.2. The van der Waals surface area contributed by atoms with E-state index in [1.54, 1.807) is 12.1 Å². The molecule has 0 atom stereocenters. The van der Waals surface area contributed by atoms with Gasteiger partial charge in [0.05, 0.1) is 11.2 Å². The van der Waals surface area contributed by atoms with E-state index in [0.29, 0.717) is 36.3 Å². The van der Waals surface area contributed by atoms with Gasteiger partial charge in [-0.05, 0) is 12.1 Å². The topological polar surface area (TPSA) is 83.8 Å². The number of nitro groups is 1. The molecule has 1 fully saturated rings. The average Bonchev–Trinajstić information content (AvgIpc) is 2.37. The number of hydrogen-bond acceptors (Lipinski definition) is 5. The zero-order valence-electron chi connectivity index (χ0n) is 10.8. The van der Waals surface area contributed by atoms with Crippen LogP contribution in [0.4, 0.5) is 11.4 Å². The second-order valence-electron chi connectivity index (χ2n) is 4.54. The standard InChI is InChI=1S/C11H14BrN3O4S/c1-20(18,19)14-6-4-13(5-7-14)10-3-2-9(12)8-11(10)15(16)17/h2-3,8H,4-7H2,1H3. The Morgan fingerprint density at radius 3 is 2.35 bits per heavy atom. The summed E-state index contributed by atoms with van der Waals surface area (Å²) in [4.78, 5) is 12.5. The molecule has 0 aromatic heterocycles. The molecule has 1 heterocycles. The van der Waals surface area contributed by atoms with Crippen LogP contribution >= 0.6 is 15.9 Å². The molecular formula is C11H14BrN3O4S. The number of halogens is 1. The largest absolute Gasteiger partial charge is 0.363 e. The highest BCUT2D eigenvalue weighted by Gasteiger charge is 2.27. The molecule has 2 rings (SSSR count). The molecule has 1 aromatic carbocycles. The molecule has 0 unspecified atom stereocenters. The van der Waals surface area contributed by atoms with Gasteiger partial charge in [0.15, 0.2) is 0 Å². The highest BCUT2D eigenvalue weighted by Crippen LogP contribution is 2.31. The van der Waals surface area contributed by atoms with Gasteiger partial charge in [-0.3, -0.25) is 10.1 Å². The molecule has 20 heavy (non-hydrogen) atoms. The lowest BCUT2D eigenvalue weighted by Gasteiger charge is -2.34. The summed E-state index contributed by atoms with van der Waals surface area (Å²) < 4.78 is 24.9. The fraction of sp³-hybridized carbons (Fsp3) is 0.455. The van der Waals surface area contributed by atoms with Crippen LogP contribution in [0.15, 0.2) is 22.7 Å². The number of nitro benzene ring substituents is 1. The van der Waals surface area contributed by atoms with Gasteiger partial charge in [0.2, 0.25) is 10.0 Å². The summed E-state index contributed by atoms with van der Waals surface area (Å²) in [6, 6.07) is 4.88. The highest BCUT2D eigenvalue weighted by molar-refractivity contribution is 9.10. The number of benzene rings is 1. The molecule has 1 aromatic rings. The average molecular weight is 364 g/mol. The number of nitrogens with zero attached hydrogens (tertiary/aromatic N) is 3. The minimum atomic E-state index is -3.20. The molecule has 0 amide bonds. The van der Waals surface area contributed by atoms with Crippen LogP contribution in [0.25, 0.3) is 0 Å². The Morgan fingerprint density at radius 1 is 1.25 bits per heavy atom. The van der Waals surface area contributed by atoms with Gasteiger partial charge in [-0.1, -0.05) is 15.9 Å². The molecular weight excluding hydrogens is 350 g/mol. The van der Waals surface area contributed by atoms with Crippen molar-refractivity contribution >= 4 is 37.3 Å². The molecule has 9 heteroatoms. The van der Waals surface area contributed by atoms with Gasteiger partial charge >= 0.3 is 0 Å². The van der Waals surface area contributed by atoms with Crippen molar-refractivity contribution < 1.29 is 13.3 Å². The molecule has 1 saturated heterocycles. The molecule has 0 aliphatic carbocycles. The van der Waals surface area contributed by atoms with Crippen molar-refractivity contribution in [2.24, 2.45) is 0 Å². The fourth-order valence-corrected chi connectivity index (χ4v) is 3.35. The van der Waals surface area contributed by atoms with Crippen molar-refractivity contribution in [1.29, 1.82) is 0 Å². The third kappa shape index (κ3) is 3.28. The summed E-state index contributed by atoms with van der Waals surface area (Å²) in [5.41, 5.74) is 0.540. The molecule has 0 N–H and O–H groups in total. The Labute approximate surface area is 125 Å². The maximum absolute atomic E-state index is 11.4. The lowest BCUT2D eigenvalue weighted by Crippen LogP contribution is -2.48. The number of anilines is 1. The molecule has 0 saturated carbocycles. The molecule has 1 aliphatic heterocycles. The minimum Gasteiger partial charge on any atom is -0.363 e. The molecule has 7 nitrogen and oxygen atoms in total. The van der Waals surface area contributed by atoms with Crippen molar-refractivity contribution in [2.45, 2.75) is 0 Å². The number of sulfonamides is 1. The van der Waals surface area contributed by atoms with Crippen LogP contribution in [0.3, 0.4) is 0 Å². The van der Waals surface area contributed by atoms with Crippen LogP contribution in [0.2, 0.25) is 0 Å². The van der Waals surface area contributed by atoms with Gasteiger partial charge in [0, 0.05) is 36.7 Å². The van der Waals surface area contributed by atoms with Crippen LogP contribution in [0, 0.1) is 10.1 Å². The van der Waals surface area contributed by atoms with Crippen LogP contribution in [-0.2, 0) is 10.0 Å². The first kappa shape index (κ1) is 15.2. The van der Waals surface area contributed by atoms with Gasteiger partial charge in [-0.25, -0.2) is 8.42 Å². The molecule has 1 aliphatic rings. The highest BCUT2D eigenvalue weighted by atomic mass is 79.9. The summed E-state index contributed by atoms with van der Waals surface area (Å²) in [5.74, 6) is 0. The number of piperazine rings is 1. The Bertz CT molecular complexity index is 627. The van der Waals surface area contributed by atoms with Crippen molar-refractivity contribution in [3.63, 3.8) is 0 Å². The van der Waals surface area contributed by atoms with Gasteiger partial charge < -0.3 is 4.90 Å². The summed E-state index contributed by atoms with van der Waals surface area (Å²) in [7, 11) is -3.20. The van der Waals surface area contributed by atoms with E-state index in [4.69, 9.17) is 0 Å². The van der Waals surface area contributed by atoms with Crippen LogP contribution in [0.1, 0.15) is 0 Å². The first-order valence-corrected chi connectivity index (χ1v) is 8.57. The lowest BCUT2D eigenvalue weighted by molar-refractivity contribution is -0.384. The van der Waals surface area contributed by atoms with Gasteiger partial charge in [-0.15, -0.1) is 0 Å². The third-order valence-corrected chi connectivity index (χ3v) is 4.98. The van der Waals surface area contributed by atoms with E-state index in [1.807, 2.05) is 4.90 Å². The third-order valence-electron chi connectivity index (χ3n) is 3.18. The van der Waals surface area contributed by atoms with Crippen molar-refractivity contribution in [2.75, 3.05) is 37.3 Å². The SMILES string of the molecule is CS(=O)(=O)N1CCN(c2ccc(Br)cc2[N+](=O)[O-])CC1. The number of rotatable bonds is 3. The van der Waals surface area contributed by atoms with E-state index < -0.39 is 14.9 Å². The molecule has 0 spiro atoms.